The van der Waals surface area contributed by atoms with Gasteiger partial charge in [-0.2, -0.15) is 39.5 Å². The van der Waals surface area contributed by atoms with Gasteiger partial charge in [0.25, 0.3) is 0 Å². The van der Waals surface area contributed by atoms with Gasteiger partial charge in [0.2, 0.25) is 0 Å². The zero-order chi connectivity index (χ0) is 31.1. The summed E-state index contributed by atoms with van der Waals surface area (Å²) >= 11 is -1.46. The Morgan fingerprint density at radius 2 is 1.29 bits per heavy atom. The van der Waals surface area contributed by atoms with Crippen LogP contribution in [0.5, 0.6) is 11.5 Å². The highest BCUT2D eigenvalue weighted by Gasteiger charge is 2.82. The Hall–Kier alpha value is -3.02. The Kier molecular flexibility index (Phi) is 8.54. The summed E-state index contributed by atoms with van der Waals surface area (Å²) in [4.78, 5) is 0. The summed E-state index contributed by atoms with van der Waals surface area (Å²) in [6.45, 7) is 5.80. The normalized spacial score (nSPS) is 18.4. The van der Waals surface area contributed by atoms with Crippen LogP contribution in [0.3, 0.4) is 0 Å². The first-order valence-corrected chi connectivity index (χ1v) is 13.6. The lowest BCUT2D eigenvalue weighted by molar-refractivity contribution is -0.381. The standard InChI is InChI=1S/C30H27F9O2S/c1-26(2,3)40-22-14-16-24-20(17-22)11-15-23(18-7-5-4-6-8-18)25(24)19-9-12-21(13-10-19)41-42-30(38,39)28(33,34)27(31,32)29(35,36)37/h4-10,12-14,16-17,23,25H,11,15H2,1-3H3. The molecule has 0 bridgehead atoms. The first-order chi connectivity index (χ1) is 19.3. The van der Waals surface area contributed by atoms with Gasteiger partial charge < -0.3 is 8.92 Å². The van der Waals surface area contributed by atoms with Gasteiger partial charge in [0.15, 0.2) is 0 Å². The number of hydrogen-bond acceptors (Lipinski definition) is 3. The molecular formula is C30H27F9O2S. The van der Waals surface area contributed by atoms with E-state index in [2.05, 4.69) is 4.18 Å². The molecule has 0 fully saturated rings. The van der Waals surface area contributed by atoms with Gasteiger partial charge in [0.05, 0.1) is 0 Å². The molecule has 0 saturated carbocycles. The number of alkyl halides is 9. The van der Waals surface area contributed by atoms with E-state index in [1.54, 1.807) is 0 Å². The lowest BCUT2D eigenvalue weighted by atomic mass is 9.69. The molecule has 4 rings (SSSR count). The van der Waals surface area contributed by atoms with E-state index in [1.165, 1.54) is 24.3 Å². The second kappa shape index (κ2) is 11.2. The maximum Gasteiger partial charge on any atom is 0.460 e. The number of aryl methyl sites for hydroxylation is 1. The van der Waals surface area contributed by atoms with Crippen molar-refractivity contribution >= 4 is 12.0 Å². The number of hydrogen-bond donors (Lipinski definition) is 0. The van der Waals surface area contributed by atoms with Crippen molar-refractivity contribution in [3.8, 4) is 11.5 Å². The maximum absolute atomic E-state index is 13.9. The van der Waals surface area contributed by atoms with E-state index in [0.717, 1.165) is 35.1 Å². The predicted molar refractivity (Wildman–Crippen MR) is 142 cm³/mol. The Morgan fingerprint density at radius 3 is 1.86 bits per heavy atom. The Morgan fingerprint density at radius 1 is 0.690 bits per heavy atom. The minimum absolute atomic E-state index is 0.0156. The van der Waals surface area contributed by atoms with Crippen molar-refractivity contribution in [2.24, 2.45) is 0 Å². The van der Waals surface area contributed by atoms with Gasteiger partial charge in [-0.25, -0.2) is 0 Å². The molecule has 0 N–H and O–H groups in total. The third-order valence-corrected chi connectivity index (χ3v) is 7.57. The molecule has 3 aromatic rings. The molecule has 2 nitrogen and oxygen atoms in total. The first kappa shape index (κ1) is 31.9. The van der Waals surface area contributed by atoms with Gasteiger partial charge in [-0.1, -0.05) is 48.5 Å². The highest BCUT2D eigenvalue weighted by atomic mass is 32.2. The molecule has 1 aliphatic carbocycles. The molecule has 12 heteroatoms. The van der Waals surface area contributed by atoms with E-state index in [4.69, 9.17) is 4.74 Å². The highest BCUT2D eigenvalue weighted by molar-refractivity contribution is 7.96. The van der Waals surface area contributed by atoms with Crippen molar-refractivity contribution in [1.29, 1.82) is 0 Å². The summed E-state index contributed by atoms with van der Waals surface area (Å²) in [5, 5.41) is -5.90. The van der Waals surface area contributed by atoms with E-state index in [0.29, 0.717) is 5.75 Å². The molecule has 0 radical (unpaired) electrons. The molecule has 3 aromatic carbocycles. The molecule has 0 heterocycles. The molecule has 1 aliphatic rings. The molecule has 0 aromatic heterocycles. The van der Waals surface area contributed by atoms with Crippen LogP contribution in [0.2, 0.25) is 0 Å². The second-order valence-corrected chi connectivity index (χ2v) is 11.9. The zero-order valence-corrected chi connectivity index (χ0v) is 23.4. The van der Waals surface area contributed by atoms with E-state index in [-0.39, 0.29) is 11.8 Å². The van der Waals surface area contributed by atoms with Gasteiger partial charge in [-0.05, 0) is 86.1 Å². The van der Waals surface area contributed by atoms with E-state index in [1.807, 2.05) is 69.3 Å². The molecule has 0 saturated heterocycles. The van der Waals surface area contributed by atoms with Crippen molar-refractivity contribution in [2.45, 2.75) is 74.3 Å². The number of halogens is 9. The van der Waals surface area contributed by atoms with Crippen LogP contribution in [-0.2, 0) is 6.42 Å². The zero-order valence-electron chi connectivity index (χ0n) is 22.6. The first-order valence-electron chi connectivity index (χ1n) is 12.9. The molecule has 0 aliphatic heterocycles. The van der Waals surface area contributed by atoms with Crippen LogP contribution < -0.4 is 8.92 Å². The Balaban J connectivity index is 1.61. The van der Waals surface area contributed by atoms with Crippen molar-refractivity contribution in [3.63, 3.8) is 0 Å². The van der Waals surface area contributed by atoms with E-state index < -0.39 is 46.7 Å². The monoisotopic (exact) mass is 622 g/mol. The van der Waals surface area contributed by atoms with Crippen molar-refractivity contribution in [3.05, 3.63) is 95.1 Å². The lowest BCUT2D eigenvalue weighted by Gasteiger charge is -2.35. The summed E-state index contributed by atoms with van der Waals surface area (Å²) < 4.78 is 129. The summed E-state index contributed by atoms with van der Waals surface area (Å²) in [7, 11) is 0. The summed E-state index contributed by atoms with van der Waals surface area (Å²) in [5.74, 6) is -13.7. The fourth-order valence-electron chi connectivity index (χ4n) is 4.93. The van der Waals surface area contributed by atoms with Crippen LogP contribution in [-0.4, -0.2) is 28.9 Å². The van der Waals surface area contributed by atoms with Crippen molar-refractivity contribution in [1.82, 2.24) is 0 Å². The summed E-state index contributed by atoms with van der Waals surface area (Å²) in [5.41, 5.74) is 3.43. The van der Waals surface area contributed by atoms with E-state index in [9.17, 15) is 39.5 Å². The third kappa shape index (κ3) is 6.33. The number of fused-ring (bicyclic) bond motifs is 1. The molecule has 0 spiro atoms. The Bertz CT molecular complexity index is 1370. The molecule has 0 amide bonds. The van der Waals surface area contributed by atoms with Crippen LogP contribution >= 0.6 is 12.0 Å². The smallest absolute Gasteiger partial charge is 0.460 e. The minimum atomic E-state index is -6.98. The topological polar surface area (TPSA) is 18.5 Å². The van der Waals surface area contributed by atoms with Crippen LogP contribution in [0, 0.1) is 0 Å². The third-order valence-electron chi connectivity index (χ3n) is 6.83. The van der Waals surface area contributed by atoms with Crippen LogP contribution in [0.25, 0.3) is 0 Å². The van der Waals surface area contributed by atoms with Gasteiger partial charge in [0.1, 0.15) is 29.1 Å². The van der Waals surface area contributed by atoms with Gasteiger partial charge in [-0.15, -0.1) is 0 Å². The maximum atomic E-state index is 13.9. The highest BCUT2D eigenvalue weighted by Crippen LogP contribution is 2.57. The quantitative estimate of drug-likeness (QED) is 0.184. The molecule has 42 heavy (non-hydrogen) atoms. The fourth-order valence-corrected chi connectivity index (χ4v) is 5.47. The Labute approximate surface area is 241 Å². The molecule has 2 atom stereocenters. The van der Waals surface area contributed by atoms with Crippen molar-refractivity contribution in [2.75, 3.05) is 0 Å². The molecule has 2 unspecified atom stereocenters. The van der Waals surface area contributed by atoms with Crippen LogP contribution in [0.1, 0.15) is 61.3 Å². The second-order valence-electron chi connectivity index (χ2n) is 11.0. The van der Waals surface area contributed by atoms with Gasteiger partial charge in [0, 0.05) is 5.92 Å². The van der Waals surface area contributed by atoms with Crippen LogP contribution in [0.4, 0.5) is 39.5 Å². The van der Waals surface area contributed by atoms with Gasteiger partial charge in [-0.3, -0.25) is 0 Å². The average molecular weight is 623 g/mol. The minimum Gasteiger partial charge on any atom is -0.488 e. The van der Waals surface area contributed by atoms with Crippen LogP contribution in [0.15, 0.2) is 72.8 Å². The largest absolute Gasteiger partial charge is 0.488 e. The summed E-state index contributed by atoms with van der Waals surface area (Å²) in [6, 6.07) is 20.9. The fraction of sp³-hybridized carbons (Fsp3) is 0.400. The van der Waals surface area contributed by atoms with Crippen molar-refractivity contribution < 1.29 is 48.4 Å². The SMILES string of the molecule is CC(C)(C)Oc1ccc2c(c1)CCC(c1ccccc1)C2c1ccc(OSC(F)(F)C(F)(F)C(F)(F)C(F)(F)F)cc1. The predicted octanol–water partition coefficient (Wildman–Crippen LogP) is 10.2. The van der Waals surface area contributed by atoms with Gasteiger partial charge >= 0.3 is 23.3 Å². The number of ether oxygens (including phenoxy) is 1. The molecular weight excluding hydrogens is 595 g/mol. The number of rotatable bonds is 8. The number of benzene rings is 3. The molecule has 228 valence electrons. The lowest BCUT2D eigenvalue weighted by Crippen LogP contribution is -2.59. The van der Waals surface area contributed by atoms with E-state index >= 15 is 0 Å². The average Bonchev–Trinajstić information content (AvgIpc) is 2.90. The summed E-state index contributed by atoms with van der Waals surface area (Å²) in [6.07, 6.45) is -5.37.